The number of fused-ring (bicyclic) bond motifs is 1. The summed E-state index contributed by atoms with van der Waals surface area (Å²) in [6.07, 6.45) is 2.75. The monoisotopic (exact) mass is 419 g/mol. The van der Waals surface area contributed by atoms with Gasteiger partial charge in [0.05, 0.1) is 18.7 Å². The molecule has 160 valence electrons. The highest BCUT2D eigenvalue weighted by atomic mass is 16.5. The summed E-state index contributed by atoms with van der Waals surface area (Å²) in [5, 5.41) is 11.4. The van der Waals surface area contributed by atoms with Crippen molar-refractivity contribution in [2.45, 2.75) is 32.2 Å². The minimum atomic E-state index is -0.659. The van der Waals surface area contributed by atoms with Gasteiger partial charge in [-0.2, -0.15) is 0 Å². The summed E-state index contributed by atoms with van der Waals surface area (Å²) in [6.45, 7) is 2.54. The molecule has 6 heteroatoms. The third-order valence-corrected chi connectivity index (χ3v) is 5.62. The molecule has 0 bridgehead atoms. The lowest BCUT2D eigenvalue weighted by atomic mass is 9.95. The summed E-state index contributed by atoms with van der Waals surface area (Å²) < 4.78 is 11.1. The lowest BCUT2D eigenvalue weighted by Gasteiger charge is -2.26. The number of unbranched alkanes of at least 4 members (excludes halogenated alkanes) is 2. The lowest BCUT2D eigenvalue weighted by molar-refractivity contribution is -0.129. The third-order valence-electron chi connectivity index (χ3n) is 5.62. The van der Waals surface area contributed by atoms with Crippen LogP contribution >= 0.6 is 0 Å². The van der Waals surface area contributed by atoms with Gasteiger partial charge in [-0.15, -0.1) is 0 Å². The Morgan fingerprint density at radius 3 is 2.61 bits per heavy atom. The fourth-order valence-corrected chi connectivity index (χ4v) is 4.07. The molecule has 0 spiro atoms. The average molecular weight is 419 g/mol. The summed E-state index contributed by atoms with van der Waals surface area (Å²) in [6, 6.07) is 15.6. The van der Waals surface area contributed by atoms with E-state index in [-0.39, 0.29) is 11.3 Å². The number of furan rings is 1. The molecule has 1 aliphatic rings. The van der Waals surface area contributed by atoms with Crippen LogP contribution in [0.15, 0.2) is 70.3 Å². The SMILES string of the molecule is CCCCCN1C(=O)C(O)=C(C(=O)c2cc3cccc(OC)c3o2)C1c1ccccc1. The normalized spacial score (nSPS) is 16.4. The van der Waals surface area contributed by atoms with Crippen LogP contribution in [-0.2, 0) is 4.79 Å². The first kappa shape index (κ1) is 20.7. The Bertz CT molecular complexity index is 1150. The van der Waals surface area contributed by atoms with Gasteiger partial charge in [0.15, 0.2) is 22.9 Å². The molecular formula is C25H25NO5. The van der Waals surface area contributed by atoms with Crippen molar-refractivity contribution in [3.05, 3.63) is 77.3 Å². The number of benzene rings is 2. The Hall–Kier alpha value is -3.54. The van der Waals surface area contributed by atoms with Crippen LogP contribution in [0.3, 0.4) is 0 Å². The zero-order chi connectivity index (χ0) is 22.0. The fourth-order valence-electron chi connectivity index (χ4n) is 4.07. The number of aliphatic hydroxyl groups is 1. The van der Waals surface area contributed by atoms with E-state index in [0.29, 0.717) is 23.3 Å². The molecule has 0 saturated carbocycles. The van der Waals surface area contributed by atoms with E-state index in [0.717, 1.165) is 24.8 Å². The molecule has 3 aromatic rings. The van der Waals surface area contributed by atoms with E-state index in [1.807, 2.05) is 42.5 Å². The minimum Gasteiger partial charge on any atom is -0.503 e. The maximum absolute atomic E-state index is 13.5. The highest BCUT2D eigenvalue weighted by Crippen LogP contribution is 2.40. The van der Waals surface area contributed by atoms with E-state index in [9.17, 15) is 14.7 Å². The molecule has 2 aromatic carbocycles. The van der Waals surface area contributed by atoms with E-state index in [1.165, 1.54) is 7.11 Å². The first-order chi connectivity index (χ1) is 15.1. The summed E-state index contributed by atoms with van der Waals surface area (Å²) in [7, 11) is 1.53. The number of aliphatic hydroxyl groups excluding tert-OH is 1. The molecule has 1 N–H and O–H groups in total. The molecule has 0 fully saturated rings. The van der Waals surface area contributed by atoms with Gasteiger partial charge in [0.1, 0.15) is 0 Å². The molecule has 1 aliphatic heterocycles. The fraction of sp³-hybridized carbons (Fsp3) is 0.280. The smallest absolute Gasteiger partial charge is 0.290 e. The number of hydrogen-bond acceptors (Lipinski definition) is 5. The number of ether oxygens (including phenoxy) is 1. The average Bonchev–Trinajstić information content (AvgIpc) is 3.34. The molecule has 1 aromatic heterocycles. The number of hydrogen-bond donors (Lipinski definition) is 1. The van der Waals surface area contributed by atoms with Crippen LogP contribution in [0.2, 0.25) is 0 Å². The Morgan fingerprint density at radius 1 is 1.13 bits per heavy atom. The number of amides is 1. The van der Waals surface area contributed by atoms with Crippen LogP contribution in [-0.4, -0.2) is 35.4 Å². The van der Waals surface area contributed by atoms with Crippen molar-refractivity contribution in [3.63, 3.8) is 0 Å². The number of carbonyl (C=O) groups excluding carboxylic acids is 2. The summed E-state index contributed by atoms with van der Waals surface area (Å²) in [5.41, 5.74) is 1.27. The molecule has 0 aliphatic carbocycles. The largest absolute Gasteiger partial charge is 0.503 e. The standard InChI is InChI=1S/C25H25NO5/c1-3-4-8-14-26-21(16-10-6-5-7-11-16)20(23(28)25(26)29)22(27)19-15-17-12-9-13-18(30-2)24(17)31-19/h5-7,9-13,15,21,28H,3-4,8,14H2,1-2H3. The number of rotatable bonds is 8. The summed E-state index contributed by atoms with van der Waals surface area (Å²) in [4.78, 5) is 28.0. The zero-order valence-electron chi connectivity index (χ0n) is 17.6. The van der Waals surface area contributed by atoms with Crippen LogP contribution in [0.4, 0.5) is 0 Å². The van der Waals surface area contributed by atoms with Crippen molar-refractivity contribution in [1.82, 2.24) is 4.90 Å². The molecule has 4 rings (SSSR count). The van der Waals surface area contributed by atoms with Gasteiger partial charge in [-0.25, -0.2) is 0 Å². The van der Waals surface area contributed by atoms with Gasteiger partial charge in [0, 0.05) is 11.9 Å². The van der Waals surface area contributed by atoms with Crippen LogP contribution < -0.4 is 4.74 Å². The lowest BCUT2D eigenvalue weighted by Crippen LogP contribution is -2.32. The summed E-state index contributed by atoms with van der Waals surface area (Å²) in [5.74, 6) is -0.969. The van der Waals surface area contributed by atoms with Crippen molar-refractivity contribution in [3.8, 4) is 5.75 Å². The molecular weight excluding hydrogens is 394 g/mol. The minimum absolute atomic E-state index is 0.0470. The molecule has 2 heterocycles. The number of methoxy groups -OCH3 is 1. The second kappa shape index (κ2) is 8.68. The van der Waals surface area contributed by atoms with Gasteiger partial charge in [-0.05, 0) is 24.1 Å². The van der Waals surface area contributed by atoms with Crippen molar-refractivity contribution in [2.24, 2.45) is 0 Å². The van der Waals surface area contributed by atoms with Gasteiger partial charge in [0.2, 0.25) is 5.78 Å². The van der Waals surface area contributed by atoms with Gasteiger partial charge in [0.25, 0.3) is 5.91 Å². The quantitative estimate of drug-likeness (QED) is 0.400. The molecule has 31 heavy (non-hydrogen) atoms. The van der Waals surface area contributed by atoms with E-state index in [1.54, 1.807) is 17.0 Å². The van der Waals surface area contributed by atoms with Crippen LogP contribution in [0.5, 0.6) is 5.75 Å². The highest BCUT2D eigenvalue weighted by molar-refractivity contribution is 6.16. The van der Waals surface area contributed by atoms with E-state index < -0.39 is 23.5 Å². The maximum atomic E-state index is 13.5. The summed E-state index contributed by atoms with van der Waals surface area (Å²) >= 11 is 0. The van der Waals surface area contributed by atoms with Gasteiger partial charge in [-0.3, -0.25) is 9.59 Å². The van der Waals surface area contributed by atoms with Gasteiger partial charge < -0.3 is 19.2 Å². The topological polar surface area (TPSA) is 80.0 Å². The predicted molar refractivity (Wildman–Crippen MR) is 117 cm³/mol. The number of ketones is 1. The van der Waals surface area contributed by atoms with Crippen molar-refractivity contribution in [2.75, 3.05) is 13.7 Å². The molecule has 6 nitrogen and oxygen atoms in total. The van der Waals surface area contributed by atoms with Crippen LogP contribution in [0, 0.1) is 0 Å². The molecule has 0 radical (unpaired) electrons. The van der Waals surface area contributed by atoms with Crippen molar-refractivity contribution in [1.29, 1.82) is 0 Å². The Labute approximate surface area is 180 Å². The maximum Gasteiger partial charge on any atom is 0.290 e. The van der Waals surface area contributed by atoms with E-state index in [4.69, 9.17) is 9.15 Å². The van der Waals surface area contributed by atoms with Crippen LogP contribution in [0.25, 0.3) is 11.0 Å². The molecule has 1 amide bonds. The van der Waals surface area contributed by atoms with Gasteiger partial charge in [-0.1, -0.05) is 62.2 Å². The molecule has 1 atom stereocenters. The van der Waals surface area contributed by atoms with E-state index in [2.05, 4.69) is 6.92 Å². The number of nitrogens with zero attached hydrogens (tertiary/aromatic N) is 1. The van der Waals surface area contributed by atoms with Crippen molar-refractivity contribution < 1.29 is 23.8 Å². The first-order valence-electron chi connectivity index (χ1n) is 10.5. The Kier molecular flexibility index (Phi) is 5.80. The first-order valence-corrected chi connectivity index (χ1v) is 10.5. The third kappa shape index (κ3) is 3.69. The Morgan fingerprint density at radius 2 is 1.90 bits per heavy atom. The molecule has 0 saturated heterocycles. The van der Waals surface area contributed by atoms with Gasteiger partial charge >= 0.3 is 0 Å². The number of carbonyl (C=O) groups is 2. The Balaban J connectivity index is 1.77. The second-order valence-electron chi connectivity index (χ2n) is 7.60. The van der Waals surface area contributed by atoms with Crippen LogP contribution in [0.1, 0.15) is 48.3 Å². The van der Waals surface area contributed by atoms with E-state index >= 15 is 0 Å². The number of Topliss-reactive ketones (excluding diaryl/α,β-unsaturated/α-hetero) is 1. The highest BCUT2D eigenvalue weighted by Gasteiger charge is 2.44. The molecule has 1 unspecified atom stereocenters. The number of para-hydroxylation sites is 1. The predicted octanol–water partition coefficient (Wildman–Crippen LogP) is 5.21. The zero-order valence-corrected chi connectivity index (χ0v) is 17.6. The second-order valence-corrected chi connectivity index (χ2v) is 7.60. The van der Waals surface area contributed by atoms with Crippen molar-refractivity contribution >= 4 is 22.7 Å².